The molecule has 1 amide bonds. The van der Waals surface area contributed by atoms with Crippen LogP contribution in [-0.4, -0.2) is 39.6 Å². The Hall–Kier alpha value is -1.26. The Morgan fingerprint density at radius 1 is 1.33 bits per heavy atom. The van der Waals surface area contributed by atoms with Crippen molar-refractivity contribution >= 4 is 11.8 Å². The smallest absolute Gasteiger partial charge is 0.410 e. The van der Waals surface area contributed by atoms with E-state index in [2.05, 4.69) is 5.16 Å². The molecule has 5 heteroatoms. The van der Waals surface area contributed by atoms with Gasteiger partial charge in [-0.3, -0.25) is 0 Å². The second kappa shape index (κ2) is 4.78. The zero-order chi connectivity index (χ0) is 13.3. The van der Waals surface area contributed by atoms with Crippen LogP contribution in [0, 0.1) is 0 Å². The van der Waals surface area contributed by atoms with Gasteiger partial charge in [-0.05, 0) is 40.0 Å². The number of amides is 1. The van der Waals surface area contributed by atoms with Gasteiger partial charge in [-0.15, -0.1) is 0 Å². The fourth-order valence-corrected chi connectivity index (χ4v) is 2.89. The van der Waals surface area contributed by atoms with Crippen LogP contribution in [0.5, 0.6) is 0 Å². The summed E-state index contributed by atoms with van der Waals surface area (Å²) in [7, 11) is 0. The minimum absolute atomic E-state index is 0.137. The summed E-state index contributed by atoms with van der Waals surface area (Å²) in [6.45, 7) is 5.64. The monoisotopic (exact) mass is 254 g/mol. The van der Waals surface area contributed by atoms with Crippen molar-refractivity contribution in [1.82, 2.24) is 4.90 Å². The Kier molecular flexibility index (Phi) is 3.50. The normalized spacial score (nSPS) is 30.4. The highest BCUT2D eigenvalue weighted by molar-refractivity contribution is 5.87. The molecule has 1 N–H and O–H groups in total. The van der Waals surface area contributed by atoms with Gasteiger partial charge in [-0.1, -0.05) is 5.16 Å². The molecule has 0 aliphatic carbocycles. The van der Waals surface area contributed by atoms with Crippen molar-refractivity contribution in [2.45, 2.75) is 70.6 Å². The first-order chi connectivity index (χ1) is 8.40. The highest BCUT2D eigenvalue weighted by atomic mass is 16.6. The minimum Gasteiger partial charge on any atom is -0.444 e. The van der Waals surface area contributed by atoms with Crippen molar-refractivity contribution in [3.8, 4) is 0 Å². The van der Waals surface area contributed by atoms with Gasteiger partial charge in [0.15, 0.2) is 0 Å². The molecule has 2 rings (SSSR count). The summed E-state index contributed by atoms with van der Waals surface area (Å²) in [5, 5.41) is 12.2. The molecule has 0 aromatic carbocycles. The maximum atomic E-state index is 12.2. The van der Waals surface area contributed by atoms with E-state index in [1.54, 1.807) is 0 Å². The summed E-state index contributed by atoms with van der Waals surface area (Å²) in [5.41, 5.74) is 0.348. The number of oxime groups is 1. The van der Waals surface area contributed by atoms with Crippen LogP contribution in [-0.2, 0) is 4.74 Å². The van der Waals surface area contributed by atoms with Crippen molar-refractivity contribution in [1.29, 1.82) is 0 Å². The van der Waals surface area contributed by atoms with Gasteiger partial charge in [0.1, 0.15) is 5.60 Å². The first kappa shape index (κ1) is 13.2. The molecule has 2 bridgehead atoms. The van der Waals surface area contributed by atoms with Gasteiger partial charge in [0.05, 0.1) is 5.71 Å². The third kappa shape index (κ3) is 2.76. The molecule has 0 unspecified atom stereocenters. The summed E-state index contributed by atoms with van der Waals surface area (Å²) in [6, 6.07) is 0.275. The molecule has 0 radical (unpaired) electrons. The van der Waals surface area contributed by atoms with E-state index >= 15 is 0 Å². The Labute approximate surface area is 108 Å². The molecule has 0 aromatic heterocycles. The molecule has 2 fully saturated rings. The zero-order valence-corrected chi connectivity index (χ0v) is 11.3. The fourth-order valence-electron chi connectivity index (χ4n) is 2.89. The Bertz CT molecular complexity index is 344. The standard InChI is InChI=1S/C13H22N2O3/c1-13(2,3)18-12(16)15-10-5-4-6-11(15)8-9(7-10)14-17/h10-11,17H,4-8H2,1-3H3/b14-9-/t10-,11+/m1/s1. The summed E-state index contributed by atoms with van der Waals surface area (Å²) in [4.78, 5) is 14.1. The number of ether oxygens (including phenoxy) is 1. The number of nitrogens with zero attached hydrogens (tertiary/aromatic N) is 2. The average molecular weight is 254 g/mol. The van der Waals surface area contributed by atoms with Crippen LogP contribution in [0.3, 0.4) is 0 Å². The largest absolute Gasteiger partial charge is 0.444 e. The predicted molar refractivity (Wildman–Crippen MR) is 68.0 cm³/mol. The maximum Gasteiger partial charge on any atom is 0.410 e. The highest BCUT2D eigenvalue weighted by Crippen LogP contribution is 2.33. The number of piperidine rings is 2. The lowest BCUT2D eigenvalue weighted by atomic mass is 9.84. The molecule has 2 saturated heterocycles. The van der Waals surface area contributed by atoms with E-state index in [0.29, 0.717) is 12.8 Å². The molecule has 2 aliphatic rings. The lowest BCUT2D eigenvalue weighted by Crippen LogP contribution is -2.56. The maximum absolute atomic E-state index is 12.2. The summed E-state index contributed by atoms with van der Waals surface area (Å²) >= 11 is 0. The predicted octanol–water partition coefficient (Wildman–Crippen LogP) is 2.77. The highest BCUT2D eigenvalue weighted by Gasteiger charge is 2.41. The lowest BCUT2D eigenvalue weighted by Gasteiger charge is -2.46. The average Bonchev–Trinajstić information content (AvgIpc) is 2.24. The molecule has 2 aliphatic heterocycles. The van der Waals surface area contributed by atoms with Crippen molar-refractivity contribution in [2.75, 3.05) is 0 Å². The molecule has 18 heavy (non-hydrogen) atoms. The first-order valence-corrected chi connectivity index (χ1v) is 6.62. The van der Waals surface area contributed by atoms with Crippen LogP contribution in [0.2, 0.25) is 0 Å². The zero-order valence-electron chi connectivity index (χ0n) is 11.3. The third-order valence-corrected chi connectivity index (χ3v) is 3.55. The second-order valence-corrected chi connectivity index (χ2v) is 6.20. The first-order valence-electron chi connectivity index (χ1n) is 6.62. The van der Waals surface area contributed by atoms with Crippen LogP contribution in [0.15, 0.2) is 5.16 Å². The van der Waals surface area contributed by atoms with Crippen molar-refractivity contribution in [2.24, 2.45) is 5.16 Å². The minimum atomic E-state index is -0.462. The van der Waals surface area contributed by atoms with E-state index in [9.17, 15) is 4.79 Å². The van der Waals surface area contributed by atoms with Gasteiger partial charge in [0.2, 0.25) is 0 Å². The van der Waals surface area contributed by atoms with Gasteiger partial charge in [-0.2, -0.15) is 0 Å². The van der Waals surface area contributed by atoms with E-state index in [-0.39, 0.29) is 18.2 Å². The van der Waals surface area contributed by atoms with Crippen LogP contribution < -0.4 is 0 Å². The van der Waals surface area contributed by atoms with Gasteiger partial charge < -0.3 is 14.8 Å². The molecular formula is C13H22N2O3. The van der Waals surface area contributed by atoms with Gasteiger partial charge in [0.25, 0.3) is 0 Å². The summed E-state index contributed by atoms with van der Waals surface area (Å²) in [5.74, 6) is 0. The molecule has 2 heterocycles. The number of rotatable bonds is 0. The van der Waals surface area contributed by atoms with Crippen molar-refractivity contribution in [3.63, 3.8) is 0 Å². The van der Waals surface area contributed by atoms with Gasteiger partial charge >= 0.3 is 6.09 Å². The number of carbonyl (C=O) groups excluding carboxylic acids is 1. The quantitative estimate of drug-likeness (QED) is 0.534. The molecular weight excluding hydrogens is 232 g/mol. The van der Waals surface area contributed by atoms with Gasteiger partial charge in [-0.25, -0.2) is 4.79 Å². The van der Waals surface area contributed by atoms with Crippen LogP contribution in [0.4, 0.5) is 4.79 Å². The van der Waals surface area contributed by atoms with Crippen LogP contribution in [0.25, 0.3) is 0 Å². The van der Waals surface area contributed by atoms with Gasteiger partial charge in [0, 0.05) is 24.9 Å². The van der Waals surface area contributed by atoms with E-state index in [0.717, 1.165) is 25.0 Å². The van der Waals surface area contributed by atoms with E-state index in [4.69, 9.17) is 9.94 Å². The number of hydrogen-bond donors (Lipinski definition) is 1. The molecule has 5 nitrogen and oxygen atoms in total. The summed E-state index contributed by atoms with van der Waals surface area (Å²) in [6.07, 6.45) is 4.18. The van der Waals surface area contributed by atoms with Crippen molar-refractivity contribution < 1.29 is 14.7 Å². The second-order valence-electron chi connectivity index (χ2n) is 6.20. The summed E-state index contributed by atoms with van der Waals surface area (Å²) < 4.78 is 5.47. The van der Waals surface area contributed by atoms with Crippen molar-refractivity contribution in [3.05, 3.63) is 0 Å². The molecule has 0 spiro atoms. The van der Waals surface area contributed by atoms with E-state index in [1.165, 1.54) is 0 Å². The fraction of sp³-hybridized carbons (Fsp3) is 0.846. The van der Waals surface area contributed by atoms with Crippen LogP contribution >= 0.6 is 0 Å². The number of fused-ring (bicyclic) bond motifs is 2. The number of hydrogen-bond acceptors (Lipinski definition) is 4. The molecule has 0 saturated carbocycles. The van der Waals surface area contributed by atoms with E-state index in [1.807, 2.05) is 25.7 Å². The Morgan fingerprint density at radius 2 is 1.89 bits per heavy atom. The Morgan fingerprint density at radius 3 is 2.33 bits per heavy atom. The van der Waals surface area contributed by atoms with E-state index < -0.39 is 5.60 Å². The number of carbonyl (C=O) groups is 1. The molecule has 0 aromatic rings. The van der Waals surface area contributed by atoms with Crippen LogP contribution in [0.1, 0.15) is 52.9 Å². The topological polar surface area (TPSA) is 62.1 Å². The third-order valence-electron chi connectivity index (χ3n) is 3.55. The Balaban J connectivity index is 2.11. The SMILES string of the molecule is CC(C)(C)OC(=O)N1[C@@H]2CCC[C@H]1C/C(=N\O)C2. The lowest BCUT2D eigenvalue weighted by molar-refractivity contribution is -0.00731. The molecule has 2 atom stereocenters. The molecule has 102 valence electrons.